The summed E-state index contributed by atoms with van der Waals surface area (Å²) in [6.45, 7) is 0.805. The summed E-state index contributed by atoms with van der Waals surface area (Å²) in [6, 6.07) is 13.9. The minimum absolute atomic E-state index is 0.469. The molecule has 0 radical (unpaired) electrons. The number of fused-ring (bicyclic) bond motifs is 1. The van der Waals surface area contributed by atoms with Gasteiger partial charge in [0.2, 0.25) is 5.95 Å². The first-order chi connectivity index (χ1) is 15.5. The number of halogens is 1. The number of rotatable bonds is 8. The Morgan fingerprint density at radius 3 is 2.81 bits per heavy atom. The van der Waals surface area contributed by atoms with Crippen LogP contribution in [0, 0.1) is 0 Å². The summed E-state index contributed by atoms with van der Waals surface area (Å²) < 4.78 is 7.71. The first kappa shape index (κ1) is 21.8. The number of benzene rings is 2. The predicted molar refractivity (Wildman–Crippen MR) is 133 cm³/mol. The Bertz CT molecular complexity index is 1240. The zero-order chi connectivity index (χ0) is 22.7. The van der Waals surface area contributed by atoms with E-state index in [1.807, 2.05) is 44.4 Å². The Balaban J connectivity index is 1.66. The van der Waals surface area contributed by atoms with Crippen molar-refractivity contribution in [2.45, 2.75) is 6.42 Å². The fourth-order valence-corrected chi connectivity index (χ4v) is 3.96. The lowest BCUT2D eigenvalue weighted by atomic mass is 10.1. The SMILES string of the molecule is COc1cc(N(C)CCCCl)c(N)cc1Nc1nccc(-c2cn(C)c3ccccc23)n1. The van der Waals surface area contributed by atoms with Crippen LogP contribution in [0.5, 0.6) is 5.75 Å². The monoisotopic (exact) mass is 450 g/mol. The van der Waals surface area contributed by atoms with E-state index in [1.54, 1.807) is 13.3 Å². The quantitative estimate of drug-likeness (QED) is 0.289. The van der Waals surface area contributed by atoms with E-state index >= 15 is 0 Å². The number of nitrogens with one attached hydrogen (secondary N) is 1. The van der Waals surface area contributed by atoms with Crippen LogP contribution in [0.4, 0.5) is 23.0 Å². The van der Waals surface area contributed by atoms with Crippen LogP contribution >= 0.6 is 11.6 Å². The van der Waals surface area contributed by atoms with Gasteiger partial charge >= 0.3 is 0 Å². The van der Waals surface area contributed by atoms with Crippen LogP contribution in [-0.4, -0.2) is 41.1 Å². The van der Waals surface area contributed by atoms with Gasteiger partial charge < -0.3 is 25.3 Å². The zero-order valence-corrected chi connectivity index (χ0v) is 19.2. The average molecular weight is 451 g/mol. The van der Waals surface area contributed by atoms with E-state index in [0.717, 1.165) is 40.8 Å². The summed E-state index contributed by atoms with van der Waals surface area (Å²) in [5.74, 6) is 1.73. The van der Waals surface area contributed by atoms with Gasteiger partial charge in [0.25, 0.3) is 0 Å². The second kappa shape index (κ2) is 9.36. The molecule has 0 saturated carbocycles. The second-order valence-corrected chi connectivity index (χ2v) is 8.01. The van der Waals surface area contributed by atoms with Crippen molar-refractivity contribution in [2.75, 3.05) is 42.5 Å². The Kier molecular flexibility index (Phi) is 6.37. The molecule has 166 valence electrons. The number of nitrogen functional groups attached to an aromatic ring is 1. The summed E-state index contributed by atoms with van der Waals surface area (Å²) in [7, 11) is 5.65. The fourth-order valence-electron chi connectivity index (χ4n) is 3.84. The smallest absolute Gasteiger partial charge is 0.227 e. The van der Waals surface area contributed by atoms with Crippen LogP contribution in [0.1, 0.15) is 6.42 Å². The van der Waals surface area contributed by atoms with Crippen molar-refractivity contribution < 1.29 is 4.74 Å². The van der Waals surface area contributed by atoms with Crippen molar-refractivity contribution in [1.29, 1.82) is 0 Å². The Morgan fingerprint density at radius 2 is 2.03 bits per heavy atom. The third-order valence-corrected chi connectivity index (χ3v) is 5.73. The van der Waals surface area contributed by atoms with Crippen molar-refractivity contribution in [2.24, 2.45) is 7.05 Å². The van der Waals surface area contributed by atoms with Gasteiger partial charge in [-0.2, -0.15) is 0 Å². The number of aromatic nitrogens is 3. The molecule has 0 fully saturated rings. The number of hydrogen-bond donors (Lipinski definition) is 2. The highest BCUT2D eigenvalue weighted by Gasteiger charge is 2.14. The largest absolute Gasteiger partial charge is 0.494 e. The van der Waals surface area contributed by atoms with Gasteiger partial charge in [-0.05, 0) is 24.6 Å². The number of alkyl halides is 1. The molecule has 8 heteroatoms. The predicted octanol–water partition coefficient (Wildman–Crippen LogP) is 5.03. The maximum Gasteiger partial charge on any atom is 0.227 e. The number of nitrogens with two attached hydrogens (primary N) is 1. The molecule has 4 aromatic rings. The fraction of sp³-hybridized carbons (Fsp3) is 0.250. The molecule has 0 spiro atoms. The van der Waals surface area contributed by atoms with Gasteiger partial charge in [0, 0.05) is 61.4 Å². The number of methoxy groups -OCH3 is 1. The zero-order valence-electron chi connectivity index (χ0n) is 18.5. The number of anilines is 4. The molecule has 3 N–H and O–H groups in total. The van der Waals surface area contributed by atoms with Crippen molar-refractivity contribution in [1.82, 2.24) is 14.5 Å². The Hall–Kier alpha value is -3.45. The summed E-state index contributed by atoms with van der Waals surface area (Å²) in [5, 5.41) is 4.41. The van der Waals surface area contributed by atoms with E-state index in [4.69, 9.17) is 27.1 Å². The summed E-state index contributed by atoms with van der Waals surface area (Å²) in [4.78, 5) is 11.2. The van der Waals surface area contributed by atoms with Gasteiger partial charge in [-0.1, -0.05) is 18.2 Å². The van der Waals surface area contributed by atoms with Crippen LogP contribution in [0.3, 0.4) is 0 Å². The minimum Gasteiger partial charge on any atom is -0.494 e. The number of ether oxygens (including phenoxy) is 1. The molecule has 2 aromatic heterocycles. The van der Waals surface area contributed by atoms with Crippen LogP contribution in [0.2, 0.25) is 0 Å². The van der Waals surface area contributed by atoms with E-state index in [2.05, 4.69) is 38.1 Å². The molecule has 0 saturated heterocycles. The highest BCUT2D eigenvalue weighted by Crippen LogP contribution is 2.36. The Labute approximate surface area is 192 Å². The summed E-state index contributed by atoms with van der Waals surface area (Å²) in [5.41, 5.74) is 11.6. The van der Waals surface area contributed by atoms with Crippen LogP contribution in [0.25, 0.3) is 22.2 Å². The van der Waals surface area contributed by atoms with Gasteiger partial charge in [0.1, 0.15) is 5.75 Å². The summed E-state index contributed by atoms with van der Waals surface area (Å²) in [6.07, 6.45) is 4.70. The van der Waals surface area contributed by atoms with E-state index in [-0.39, 0.29) is 0 Å². The molecule has 0 unspecified atom stereocenters. The summed E-state index contributed by atoms with van der Waals surface area (Å²) >= 11 is 5.83. The molecule has 4 rings (SSSR count). The Morgan fingerprint density at radius 1 is 1.22 bits per heavy atom. The first-order valence-electron chi connectivity index (χ1n) is 10.4. The molecule has 2 aromatic carbocycles. The van der Waals surface area contributed by atoms with Crippen molar-refractivity contribution in [3.8, 4) is 17.0 Å². The van der Waals surface area contributed by atoms with E-state index in [0.29, 0.717) is 29.0 Å². The number of aryl methyl sites for hydroxylation is 1. The third-order valence-electron chi connectivity index (χ3n) is 5.46. The van der Waals surface area contributed by atoms with Crippen molar-refractivity contribution in [3.05, 3.63) is 54.9 Å². The van der Waals surface area contributed by atoms with E-state index < -0.39 is 0 Å². The molecule has 0 aliphatic rings. The molecule has 0 bridgehead atoms. The third kappa shape index (κ3) is 4.29. The van der Waals surface area contributed by atoms with Gasteiger partial charge in [-0.15, -0.1) is 11.6 Å². The van der Waals surface area contributed by atoms with Gasteiger partial charge in [-0.3, -0.25) is 0 Å². The topological polar surface area (TPSA) is 81.2 Å². The standard InChI is InChI=1S/C24H27ClN6O/c1-30(12-6-10-25)22-14-23(32-3)20(13-18(22)26)29-24-27-11-9-19(28-24)17-15-31(2)21-8-5-4-7-16(17)21/h4-5,7-9,11,13-15H,6,10,12,26H2,1-3H3,(H,27,28,29). The molecular formula is C24H27ClN6O. The second-order valence-electron chi connectivity index (χ2n) is 7.64. The molecule has 0 amide bonds. The van der Waals surface area contributed by atoms with E-state index in [1.165, 1.54) is 0 Å². The lowest BCUT2D eigenvalue weighted by Gasteiger charge is -2.22. The molecule has 0 atom stereocenters. The van der Waals surface area contributed by atoms with Gasteiger partial charge in [-0.25, -0.2) is 9.97 Å². The van der Waals surface area contributed by atoms with Crippen molar-refractivity contribution in [3.63, 3.8) is 0 Å². The molecule has 7 nitrogen and oxygen atoms in total. The lowest BCUT2D eigenvalue weighted by molar-refractivity contribution is 0.417. The maximum atomic E-state index is 6.34. The van der Waals surface area contributed by atoms with Crippen LogP contribution < -0.4 is 20.7 Å². The average Bonchev–Trinajstić information content (AvgIpc) is 3.14. The molecule has 0 aliphatic heterocycles. The minimum atomic E-state index is 0.469. The van der Waals surface area contributed by atoms with Crippen LogP contribution in [-0.2, 0) is 7.05 Å². The van der Waals surface area contributed by atoms with Crippen LogP contribution in [0.15, 0.2) is 54.9 Å². The molecule has 2 heterocycles. The molecule has 32 heavy (non-hydrogen) atoms. The van der Waals surface area contributed by atoms with Crippen molar-refractivity contribution >= 4 is 45.5 Å². The highest BCUT2D eigenvalue weighted by atomic mass is 35.5. The maximum absolute atomic E-state index is 6.34. The van der Waals surface area contributed by atoms with Gasteiger partial charge in [0.05, 0.1) is 29.9 Å². The molecular weight excluding hydrogens is 424 g/mol. The number of para-hydroxylation sites is 1. The first-order valence-corrected chi connectivity index (χ1v) is 10.9. The number of nitrogens with zero attached hydrogens (tertiary/aromatic N) is 4. The highest BCUT2D eigenvalue weighted by molar-refractivity contribution is 6.17. The normalized spacial score (nSPS) is 11.0. The van der Waals surface area contributed by atoms with Gasteiger partial charge in [0.15, 0.2) is 0 Å². The number of hydrogen-bond acceptors (Lipinski definition) is 6. The lowest BCUT2D eigenvalue weighted by Crippen LogP contribution is -2.20. The molecule has 0 aliphatic carbocycles. The van der Waals surface area contributed by atoms with E-state index in [9.17, 15) is 0 Å².